The number of nitrogens with one attached hydrogen (secondary N) is 1. The Hall–Kier alpha value is -1.84. The van der Waals surface area contributed by atoms with Crippen LogP contribution < -0.4 is 5.32 Å². The minimum Gasteiger partial charge on any atom is -0.445 e. The molecule has 0 aliphatic heterocycles. The topological polar surface area (TPSA) is 55.4 Å². The van der Waals surface area contributed by atoms with Gasteiger partial charge in [-0.1, -0.05) is 30.3 Å². The molecule has 0 aromatic heterocycles. The number of ketones is 1. The van der Waals surface area contributed by atoms with E-state index < -0.39 is 6.09 Å². The molecule has 1 saturated carbocycles. The highest BCUT2D eigenvalue weighted by Gasteiger charge is 2.23. The number of hydrogen-bond acceptors (Lipinski definition) is 3. The predicted molar refractivity (Wildman–Crippen MR) is 62.4 cm³/mol. The Balaban J connectivity index is 1.73. The van der Waals surface area contributed by atoms with Crippen LogP contribution in [0.2, 0.25) is 0 Å². The molecule has 0 heterocycles. The number of benzene rings is 1. The molecule has 1 aliphatic carbocycles. The van der Waals surface area contributed by atoms with E-state index in [4.69, 9.17) is 4.74 Å². The number of alkyl carbamates (subject to hydrolysis) is 1. The van der Waals surface area contributed by atoms with Crippen LogP contribution >= 0.6 is 0 Å². The first-order chi connectivity index (χ1) is 8.24. The zero-order valence-corrected chi connectivity index (χ0v) is 9.52. The third-order valence-electron chi connectivity index (χ3n) is 2.78. The largest absolute Gasteiger partial charge is 0.445 e. The van der Waals surface area contributed by atoms with E-state index in [9.17, 15) is 9.59 Å². The molecule has 1 aliphatic rings. The molecule has 0 radical (unpaired) electrons. The van der Waals surface area contributed by atoms with Gasteiger partial charge < -0.3 is 10.1 Å². The summed E-state index contributed by atoms with van der Waals surface area (Å²) in [6.07, 6.45) is 1.26. The Morgan fingerprint density at radius 2 is 2.12 bits per heavy atom. The van der Waals surface area contributed by atoms with Gasteiger partial charge in [-0.2, -0.15) is 0 Å². The van der Waals surface area contributed by atoms with E-state index in [2.05, 4.69) is 5.32 Å². The van der Waals surface area contributed by atoms with Crippen molar-refractivity contribution < 1.29 is 14.3 Å². The van der Waals surface area contributed by atoms with E-state index in [1.54, 1.807) is 0 Å². The third kappa shape index (κ3) is 3.59. The van der Waals surface area contributed by atoms with Crippen LogP contribution in [0.5, 0.6) is 0 Å². The summed E-state index contributed by atoms with van der Waals surface area (Å²) in [5, 5.41) is 2.70. The first kappa shape index (κ1) is 11.6. The molecule has 1 aromatic rings. The number of amides is 1. The van der Waals surface area contributed by atoms with Crippen molar-refractivity contribution in [3.8, 4) is 0 Å². The maximum Gasteiger partial charge on any atom is 0.407 e. The van der Waals surface area contributed by atoms with E-state index in [0.717, 1.165) is 12.0 Å². The summed E-state index contributed by atoms with van der Waals surface area (Å²) >= 11 is 0. The van der Waals surface area contributed by atoms with E-state index in [-0.39, 0.29) is 18.4 Å². The Morgan fingerprint density at radius 3 is 2.76 bits per heavy atom. The highest BCUT2D eigenvalue weighted by Crippen LogP contribution is 2.14. The van der Waals surface area contributed by atoms with E-state index >= 15 is 0 Å². The number of ether oxygens (including phenoxy) is 1. The summed E-state index contributed by atoms with van der Waals surface area (Å²) < 4.78 is 5.06. The van der Waals surface area contributed by atoms with Crippen molar-refractivity contribution >= 4 is 11.9 Å². The monoisotopic (exact) mass is 233 g/mol. The van der Waals surface area contributed by atoms with Gasteiger partial charge in [-0.3, -0.25) is 4.79 Å². The van der Waals surface area contributed by atoms with E-state index in [1.807, 2.05) is 30.3 Å². The summed E-state index contributed by atoms with van der Waals surface area (Å²) in [5.74, 6) is 0.207. The lowest BCUT2D eigenvalue weighted by atomic mass is 10.2. The van der Waals surface area contributed by atoms with Crippen LogP contribution in [0.25, 0.3) is 0 Å². The summed E-state index contributed by atoms with van der Waals surface area (Å²) in [6.45, 7) is 0.257. The molecule has 1 atom stereocenters. The molecule has 0 saturated heterocycles. The average Bonchev–Trinajstić information content (AvgIpc) is 2.73. The maximum absolute atomic E-state index is 11.4. The van der Waals surface area contributed by atoms with Crippen molar-refractivity contribution in [2.24, 2.45) is 0 Å². The Labute approximate surface area is 100.0 Å². The summed E-state index contributed by atoms with van der Waals surface area (Å²) in [6, 6.07) is 9.44. The maximum atomic E-state index is 11.4. The van der Waals surface area contributed by atoms with E-state index in [0.29, 0.717) is 12.8 Å². The van der Waals surface area contributed by atoms with Gasteiger partial charge in [-0.25, -0.2) is 4.79 Å². The molecule has 1 N–H and O–H groups in total. The van der Waals surface area contributed by atoms with E-state index in [1.165, 1.54) is 0 Å². The molecule has 1 amide bonds. The van der Waals surface area contributed by atoms with Gasteiger partial charge in [0.1, 0.15) is 12.4 Å². The Kier molecular flexibility index (Phi) is 3.75. The zero-order chi connectivity index (χ0) is 12.1. The third-order valence-corrected chi connectivity index (χ3v) is 2.78. The average molecular weight is 233 g/mol. The number of carbonyl (C=O) groups excluding carboxylic acids is 2. The van der Waals surface area contributed by atoms with Crippen LogP contribution in [0.4, 0.5) is 4.79 Å². The molecule has 0 bridgehead atoms. The van der Waals surface area contributed by atoms with Crippen LogP contribution in [0, 0.1) is 0 Å². The molecule has 17 heavy (non-hydrogen) atoms. The molecule has 0 spiro atoms. The van der Waals surface area contributed by atoms with Crippen molar-refractivity contribution in [1.29, 1.82) is 0 Å². The number of carbonyl (C=O) groups is 2. The minimum atomic E-state index is -0.450. The smallest absolute Gasteiger partial charge is 0.407 e. The van der Waals surface area contributed by atoms with Gasteiger partial charge in [0.05, 0.1) is 0 Å². The van der Waals surface area contributed by atoms with Gasteiger partial charge in [0.25, 0.3) is 0 Å². The Bertz CT molecular complexity index is 402. The van der Waals surface area contributed by atoms with Crippen LogP contribution in [0.15, 0.2) is 30.3 Å². The fraction of sp³-hybridized carbons (Fsp3) is 0.385. The lowest BCUT2D eigenvalue weighted by molar-refractivity contribution is -0.117. The highest BCUT2D eigenvalue weighted by molar-refractivity contribution is 5.82. The molecule has 1 aromatic carbocycles. The number of hydrogen-bond donors (Lipinski definition) is 1. The van der Waals surface area contributed by atoms with Crippen molar-refractivity contribution in [1.82, 2.24) is 5.32 Å². The molecule has 4 nitrogen and oxygen atoms in total. The SMILES string of the molecule is O=C1CCC(NC(=O)OCc2ccccc2)C1. The van der Waals surface area contributed by atoms with Gasteiger partial charge in [0.15, 0.2) is 0 Å². The zero-order valence-electron chi connectivity index (χ0n) is 9.52. The van der Waals surface area contributed by atoms with Gasteiger partial charge in [-0.05, 0) is 12.0 Å². The molecular formula is C13H15NO3. The van der Waals surface area contributed by atoms with Crippen molar-refractivity contribution in [2.75, 3.05) is 0 Å². The van der Waals surface area contributed by atoms with Crippen LogP contribution in [-0.2, 0) is 16.1 Å². The first-order valence-electron chi connectivity index (χ1n) is 5.73. The van der Waals surface area contributed by atoms with Gasteiger partial charge in [0.2, 0.25) is 0 Å². The first-order valence-corrected chi connectivity index (χ1v) is 5.73. The number of rotatable bonds is 3. The highest BCUT2D eigenvalue weighted by atomic mass is 16.5. The molecule has 2 rings (SSSR count). The second-order valence-corrected chi connectivity index (χ2v) is 4.18. The van der Waals surface area contributed by atoms with Crippen molar-refractivity contribution in [3.05, 3.63) is 35.9 Å². The van der Waals surface area contributed by atoms with Crippen LogP contribution in [0.3, 0.4) is 0 Å². The number of Topliss-reactive ketones (excluding diaryl/α,β-unsaturated/α-hetero) is 1. The molecule has 1 fully saturated rings. The second kappa shape index (κ2) is 5.48. The fourth-order valence-corrected chi connectivity index (χ4v) is 1.87. The predicted octanol–water partition coefficient (Wildman–Crippen LogP) is 2.03. The Morgan fingerprint density at radius 1 is 1.35 bits per heavy atom. The summed E-state index contributed by atoms with van der Waals surface area (Å²) in [5.41, 5.74) is 0.949. The van der Waals surface area contributed by atoms with Gasteiger partial charge >= 0.3 is 6.09 Å². The van der Waals surface area contributed by atoms with Crippen LogP contribution in [0.1, 0.15) is 24.8 Å². The van der Waals surface area contributed by atoms with Crippen LogP contribution in [-0.4, -0.2) is 17.9 Å². The fourth-order valence-electron chi connectivity index (χ4n) is 1.87. The molecule has 90 valence electrons. The summed E-state index contributed by atoms with van der Waals surface area (Å²) in [4.78, 5) is 22.5. The van der Waals surface area contributed by atoms with Gasteiger partial charge in [0, 0.05) is 18.9 Å². The second-order valence-electron chi connectivity index (χ2n) is 4.18. The molecular weight excluding hydrogens is 218 g/mol. The quantitative estimate of drug-likeness (QED) is 0.869. The molecule has 1 unspecified atom stereocenters. The standard InChI is InChI=1S/C13H15NO3/c15-12-7-6-11(8-12)14-13(16)17-9-10-4-2-1-3-5-10/h1-5,11H,6-9H2,(H,14,16). The normalized spacial score (nSPS) is 19.1. The lowest BCUT2D eigenvalue weighted by Crippen LogP contribution is -2.33. The minimum absolute atomic E-state index is 0.0502. The lowest BCUT2D eigenvalue weighted by Gasteiger charge is -2.11. The summed E-state index contributed by atoms with van der Waals surface area (Å²) in [7, 11) is 0. The molecule has 4 heteroatoms. The van der Waals surface area contributed by atoms with Crippen molar-refractivity contribution in [2.45, 2.75) is 31.9 Å². The van der Waals surface area contributed by atoms with Crippen molar-refractivity contribution in [3.63, 3.8) is 0 Å². The van der Waals surface area contributed by atoms with Gasteiger partial charge in [-0.15, -0.1) is 0 Å².